The van der Waals surface area contributed by atoms with E-state index in [0.29, 0.717) is 6.54 Å². The van der Waals surface area contributed by atoms with Crippen LogP contribution < -0.4 is 10.9 Å². The van der Waals surface area contributed by atoms with Crippen molar-refractivity contribution in [2.45, 2.75) is 25.1 Å². The minimum atomic E-state index is -0.0929. The number of hydrogen-bond acceptors (Lipinski definition) is 6. The van der Waals surface area contributed by atoms with Gasteiger partial charge in [0, 0.05) is 47.8 Å². The molecule has 1 saturated heterocycles. The number of H-pyrrole nitrogens is 1. The number of hydrogen-bond donors (Lipinski definition) is 2. The van der Waals surface area contributed by atoms with Crippen LogP contribution in [0.4, 0.5) is 0 Å². The lowest BCUT2D eigenvalue weighted by molar-refractivity contribution is 0.0981. The first kappa shape index (κ1) is 15.7. The van der Waals surface area contributed by atoms with Gasteiger partial charge in [-0.05, 0) is 29.5 Å². The van der Waals surface area contributed by atoms with Crippen LogP contribution in [0.25, 0.3) is 10.6 Å². The van der Waals surface area contributed by atoms with Gasteiger partial charge in [-0.2, -0.15) is 11.3 Å². The van der Waals surface area contributed by atoms with E-state index in [1.807, 2.05) is 6.07 Å². The highest BCUT2D eigenvalue weighted by molar-refractivity contribution is 7.14. The summed E-state index contributed by atoms with van der Waals surface area (Å²) in [5.74, 6) is 0. The molecule has 0 aliphatic carbocycles. The Morgan fingerprint density at radius 3 is 3.08 bits per heavy atom. The summed E-state index contributed by atoms with van der Waals surface area (Å²) in [7, 11) is 0. The van der Waals surface area contributed by atoms with Gasteiger partial charge in [-0.15, -0.1) is 11.3 Å². The second kappa shape index (κ2) is 6.98. The van der Waals surface area contributed by atoms with Crippen LogP contribution in [0.5, 0.6) is 0 Å². The van der Waals surface area contributed by atoms with Crippen LogP contribution in [0.3, 0.4) is 0 Å². The van der Waals surface area contributed by atoms with E-state index in [2.05, 4.69) is 32.5 Å². The summed E-state index contributed by atoms with van der Waals surface area (Å²) >= 11 is 3.36. The van der Waals surface area contributed by atoms with Gasteiger partial charge in [-0.3, -0.25) is 4.79 Å². The minimum absolute atomic E-state index is 0.0307. The molecule has 2 N–H and O–H groups in total. The Bertz CT molecular complexity index is 836. The van der Waals surface area contributed by atoms with Crippen LogP contribution in [-0.4, -0.2) is 22.6 Å². The molecule has 3 aromatic heterocycles. The average molecular weight is 359 g/mol. The molecule has 0 radical (unpaired) electrons. The highest BCUT2D eigenvalue weighted by atomic mass is 32.1. The molecule has 4 rings (SSSR count). The van der Waals surface area contributed by atoms with Gasteiger partial charge < -0.3 is 15.0 Å². The predicted octanol–water partition coefficient (Wildman–Crippen LogP) is 3.18. The summed E-state index contributed by atoms with van der Waals surface area (Å²) in [6, 6.07) is 5.70. The number of nitrogens with zero attached hydrogens (tertiary/aromatic N) is 1. The van der Waals surface area contributed by atoms with E-state index in [1.54, 1.807) is 34.9 Å². The number of thiazole rings is 1. The molecule has 2 atom stereocenters. The molecule has 0 saturated carbocycles. The van der Waals surface area contributed by atoms with E-state index in [1.165, 1.54) is 5.56 Å². The van der Waals surface area contributed by atoms with Gasteiger partial charge in [0.25, 0.3) is 0 Å². The van der Waals surface area contributed by atoms with Crippen molar-refractivity contribution >= 4 is 22.7 Å². The molecule has 3 aromatic rings. The summed E-state index contributed by atoms with van der Waals surface area (Å²) in [6.45, 7) is 1.44. The maximum Gasteiger partial charge on any atom is 0.247 e. The van der Waals surface area contributed by atoms with Gasteiger partial charge in [0.05, 0.1) is 11.8 Å². The van der Waals surface area contributed by atoms with E-state index < -0.39 is 0 Å². The van der Waals surface area contributed by atoms with Crippen LogP contribution in [-0.2, 0) is 11.3 Å². The normalized spacial score (nSPS) is 20.5. The molecule has 0 aromatic carbocycles. The summed E-state index contributed by atoms with van der Waals surface area (Å²) in [5.41, 5.74) is 3.14. The lowest BCUT2D eigenvalue weighted by Gasteiger charge is -2.19. The lowest BCUT2D eigenvalue weighted by atomic mass is 10.0. The monoisotopic (exact) mass is 359 g/mol. The zero-order chi connectivity index (χ0) is 16.4. The summed E-state index contributed by atoms with van der Waals surface area (Å²) in [5, 5.41) is 10.9. The first-order chi connectivity index (χ1) is 11.8. The molecule has 0 amide bonds. The van der Waals surface area contributed by atoms with Gasteiger partial charge in [0.15, 0.2) is 0 Å². The fourth-order valence-electron chi connectivity index (χ4n) is 2.87. The second-order valence-electron chi connectivity index (χ2n) is 5.71. The Morgan fingerprint density at radius 1 is 1.33 bits per heavy atom. The topological polar surface area (TPSA) is 67.0 Å². The first-order valence-corrected chi connectivity index (χ1v) is 9.62. The molecule has 4 heterocycles. The molecule has 24 heavy (non-hydrogen) atoms. The van der Waals surface area contributed by atoms with Crippen LogP contribution in [0.15, 0.2) is 45.3 Å². The average Bonchev–Trinajstić information content (AvgIpc) is 3.34. The van der Waals surface area contributed by atoms with Crippen molar-refractivity contribution in [1.29, 1.82) is 0 Å². The Balaban J connectivity index is 1.41. The maximum atomic E-state index is 11.2. The number of aromatic amines is 1. The SMILES string of the molecule is O=c1ccc([C@@H]2OCC[C@H]2NCc2csc(-c3ccsc3)n2)c[nH]1. The van der Waals surface area contributed by atoms with Crippen molar-refractivity contribution in [3.63, 3.8) is 0 Å². The number of ether oxygens (including phenoxy) is 1. The van der Waals surface area contributed by atoms with Crippen molar-refractivity contribution in [2.24, 2.45) is 0 Å². The molecular formula is C17H17N3O2S2. The number of rotatable bonds is 5. The minimum Gasteiger partial charge on any atom is -0.372 e. The molecule has 1 aliphatic heterocycles. The van der Waals surface area contributed by atoms with Crippen molar-refractivity contribution in [3.8, 4) is 10.6 Å². The quantitative estimate of drug-likeness (QED) is 0.734. The second-order valence-corrected chi connectivity index (χ2v) is 7.35. The molecule has 124 valence electrons. The smallest absolute Gasteiger partial charge is 0.247 e. The lowest BCUT2D eigenvalue weighted by Crippen LogP contribution is -2.31. The third kappa shape index (κ3) is 3.34. The van der Waals surface area contributed by atoms with E-state index in [4.69, 9.17) is 9.72 Å². The molecule has 0 spiro atoms. The largest absolute Gasteiger partial charge is 0.372 e. The Labute approximate surface area is 147 Å². The molecule has 0 bridgehead atoms. The van der Waals surface area contributed by atoms with Gasteiger partial charge in [0.1, 0.15) is 5.01 Å². The zero-order valence-electron chi connectivity index (χ0n) is 12.9. The highest BCUT2D eigenvalue weighted by Crippen LogP contribution is 2.29. The third-order valence-corrected chi connectivity index (χ3v) is 5.72. The van der Waals surface area contributed by atoms with E-state index >= 15 is 0 Å². The first-order valence-electron chi connectivity index (χ1n) is 7.80. The number of aromatic nitrogens is 2. The van der Waals surface area contributed by atoms with Crippen LogP contribution in [0, 0.1) is 0 Å². The van der Waals surface area contributed by atoms with Crippen molar-refractivity contribution in [3.05, 3.63) is 62.1 Å². The molecule has 7 heteroatoms. The Kier molecular flexibility index (Phi) is 4.57. The van der Waals surface area contributed by atoms with Crippen molar-refractivity contribution in [1.82, 2.24) is 15.3 Å². The van der Waals surface area contributed by atoms with E-state index in [0.717, 1.165) is 29.3 Å². The van der Waals surface area contributed by atoms with E-state index in [9.17, 15) is 4.79 Å². The van der Waals surface area contributed by atoms with Crippen LogP contribution >= 0.6 is 22.7 Å². The molecular weight excluding hydrogens is 342 g/mol. The van der Waals surface area contributed by atoms with Gasteiger partial charge in [-0.25, -0.2) is 4.98 Å². The van der Waals surface area contributed by atoms with Crippen molar-refractivity contribution in [2.75, 3.05) is 6.61 Å². The zero-order valence-corrected chi connectivity index (χ0v) is 14.5. The third-order valence-electron chi connectivity index (χ3n) is 4.09. The maximum absolute atomic E-state index is 11.2. The summed E-state index contributed by atoms with van der Waals surface area (Å²) < 4.78 is 5.84. The predicted molar refractivity (Wildman–Crippen MR) is 96.4 cm³/mol. The number of nitrogens with one attached hydrogen (secondary N) is 2. The Morgan fingerprint density at radius 2 is 2.29 bits per heavy atom. The summed E-state index contributed by atoms with van der Waals surface area (Å²) in [6.07, 6.45) is 2.66. The molecule has 0 unspecified atom stereocenters. The van der Waals surface area contributed by atoms with Crippen LogP contribution in [0.2, 0.25) is 0 Å². The number of pyridine rings is 1. The van der Waals surface area contributed by atoms with Crippen LogP contribution in [0.1, 0.15) is 23.8 Å². The molecule has 1 aliphatic rings. The van der Waals surface area contributed by atoms with Crippen molar-refractivity contribution < 1.29 is 4.74 Å². The van der Waals surface area contributed by atoms with E-state index in [-0.39, 0.29) is 17.7 Å². The summed E-state index contributed by atoms with van der Waals surface area (Å²) in [4.78, 5) is 18.6. The fraction of sp³-hybridized carbons (Fsp3) is 0.294. The number of thiophene rings is 1. The molecule has 1 fully saturated rings. The molecule has 5 nitrogen and oxygen atoms in total. The highest BCUT2D eigenvalue weighted by Gasteiger charge is 2.29. The Hall–Kier alpha value is -1.80. The van der Waals surface area contributed by atoms with Gasteiger partial charge in [-0.1, -0.05) is 0 Å². The fourth-order valence-corrected chi connectivity index (χ4v) is 4.40. The van der Waals surface area contributed by atoms with Gasteiger partial charge in [0.2, 0.25) is 5.56 Å². The van der Waals surface area contributed by atoms with Gasteiger partial charge >= 0.3 is 0 Å². The standard InChI is InChI=1S/C17H17N3O2S2/c21-15-2-1-11(7-19-15)16-14(3-5-22-16)18-8-13-10-24-17(20-13)12-4-6-23-9-12/h1-2,4,6-7,9-10,14,16,18H,3,5,8H2,(H,19,21)/t14-,16+/m1/s1.